The second-order valence-corrected chi connectivity index (χ2v) is 7.32. The van der Waals surface area contributed by atoms with Crippen LogP contribution in [0.1, 0.15) is 13.3 Å². The molecule has 1 aliphatic heterocycles. The molecular formula is C10H16N2O2S2. The van der Waals surface area contributed by atoms with Crippen molar-refractivity contribution in [3.63, 3.8) is 0 Å². The fraction of sp³-hybridized carbons (Fsp3) is 0.600. The molecular weight excluding hydrogens is 244 g/mol. The van der Waals surface area contributed by atoms with Gasteiger partial charge in [0.05, 0.1) is 0 Å². The summed E-state index contributed by atoms with van der Waals surface area (Å²) < 4.78 is 26.3. The fourth-order valence-electron chi connectivity index (χ4n) is 1.94. The van der Waals surface area contributed by atoms with Gasteiger partial charge in [0, 0.05) is 19.1 Å². The predicted octanol–water partition coefficient (Wildman–Crippen LogP) is 1.11. The molecule has 6 heteroatoms. The van der Waals surface area contributed by atoms with Crippen LogP contribution >= 0.6 is 11.3 Å². The van der Waals surface area contributed by atoms with Crippen molar-refractivity contribution >= 4 is 21.4 Å². The van der Waals surface area contributed by atoms with Gasteiger partial charge in [-0.25, -0.2) is 8.42 Å². The first-order valence-electron chi connectivity index (χ1n) is 5.31. The summed E-state index contributed by atoms with van der Waals surface area (Å²) in [6.07, 6.45) is 0.863. The van der Waals surface area contributed by atoms with Crippen LogP contribution in [-0.2, 0) is 10.0 Å². The highest BCUT2D eigenvalue weighted by Crippen LogP contribution is 2.27. The van der Waals surface area contributed by atoms with Gasteiger partial charge in [-0.3, -0.25) is 0 Å². The first-order chi connectivity index (χ1) is 7.51. The Labute approximate surface area is 100 Å². The van der Waals surface area contributed by atoms with Crippen LogP contribution in [0.25, 0.3) is 0 Å². The number of sulfonamides is 1. The smallest absolute Gasteiger partial charge is 0.252 e. The highest BCUT2D eigenvalue weighted by molar-refractivity contribution is 7.91. The van der Waals surface area contributed by atoms with Gasteiger partial charge in [0.2, 0.25) is 0 Å². The summed E-state index contributed by atoms with van der Waals surface area (Å²) in [5.74, 6) is 0.287. The Balaban J connectivity index is 2.16. The Kier molecular flexibility index (Phi) is 3.34. The van der Waals surface area contributed by atoms with Crippen LogP contribution < -0.4 is 5.73 Å². The Morgan fingerprint density at radius 1 is 1.62 bits per heavy atom. The zero-order valence-corrected chi connectivity index (χ0v) is 10.8. The highest BCUT2D eigenvalue weighted by atomic mass is 32.2. The number of rotatable bonds is 3. The molecule has 1 aromatic rings. The molecule has 0 spiro atoms. The van der Waals surface area contributed by atoms with Crippen molar-refractivity contribution in [2.75, 3.05) is 13.1 Å². The molecule has 0 aromatic carbocycles. The summed E-state index contributed by atoms with van der Waals surface area (Å²) in [6, 6.07) is 3.47. The lowest BCUT2D eigenvalue weighted by molar-refractivity contribution is 0.430. The Bertz CT molecular complexity index is 439. The van der Waals surface area contributed by atoms with Gasteiger partial charge < -0.3 is 5.73 Å². The lowest BCUT2D eigenvalue weighted by Gasteiger charge is -2.17. The lowest BCUT2D eigenvalue weighted by atomic mass is 10.0. The van der Waals surface area contributed by atoms with Gasteiger partial charge >= 0.3 is 0 Å². The maximum atomic E-state index is 12.2. The third-order valence-electron chi connectivity index (χ3n) is 3.02. The minimum atomic E-state index is -3.27. The van der Waals surface area contributed by atoms with Crippen molar-refractivity contribution in [1.82, 2.24) is 4.31 Å². The summed E-state index contributed by atoms with van der Waals surface area (Å²) in [7, 11) is -3.27. The Morgan fingerprint density at radius 3 is 2.88 bits per heavy atom. The third kappa shape index (κ3) is 2.15. The van der Waals surface area contributed by atoms with Crippen molar-refractivity contribution in [3.8, 4) is 0 Å². The zero-order chi connectivity index (χ0) is 11.8. The van der Waals surface area contributed by atoms with Gasteiger partial charge in [0.15, 0.2) is 0 Å². The summed E-state index contributed by atoms with van der Waals surface area (Å²) in [5, 5.41) is 1.78. The topological polar surface area (TPSA) is 63.4 Å². The van der Waals surface area contributed by atoms with Crippen LogP contribution in [0.4, 0.5) is 0 Å². The number of hydrogen-bond acceptors (Lipinski definition) is 4. The molecule has 2 heterocycles. The minimum absolute atomic E-state index is 0.0588. The largest absolute Gasteiger partial charge is 0.328 e. The number of hydrogen-bond donors (Lipinski definition) is 1. The van der Waals surface area contributed by atoms with E-state index in [1.54, 1.807) is 21.8 Å². The quantitative estimate of drug-likeness (QED) is 0.885. The first-order valence-corrected chi connectivity index (χ1v) is 7.63. The van der Waals surface area contributed by atoms with Crippen LogP contribution in [-0.4, -0.2) is 31.9 Å². The molecule has 0 bridgehead atoms. The first kappa shape index (κ1) is 12.0. The minimum Gasteiger partial charge on any atom is -0.328 e. The summed E-state index contributed by atoms with van der Waals surface area (Å²) in [6.45, 7) is 3.08. The van der Waals surface area contributed by atoms with Crippen molar-refractivity contribution in [2.24, 2.45) is 11.7 Å². The average molecular weight is 260 g/mol. The molecule has 1 fully saturated rings. The van der Waals surface area contributed by atoms with Crippen molar-refractivity contribution in [2.45, 2.75) is 23.6 Å². The number of nitrogens with two attached hydrogens (primary N) is 1. The zero-order valence-electron chi connectivity index (χ0n) is 9.17. The molecule has 90 valence electrons. The molecule has 4 nitrogen and oxygen atoms in total. The molecule has 2 N–H and O–H groups in total. The van der Waals surface area contributed by atoms with Gasteiger partial charge in [-0.05, 0) is 30.7 Å². The summed E-state index contributed by atoms with van der Waals surface area (Å²) in [5.41, 5.74) is 5.80. The van der Waals surface area contributed by atoms with Crippen molar-refractivity contribution in [3.05, 3.63) is 17.5 Å². The second kappa shape index (κ2) is 4.44. The second-order valence-electron chi connectivity index (χ2n) is 4.20. The fourth-order valence-corrected chi connectivity index (χ4v) is 4.60. The SMILES string of the molecule is CC(N)C1CCN(S(=O)(=O)c2cccs2)C1. The van der Waals surface area contributed by atoms with E-state index >= 15 is 0 Å². The molecule has 2 unspecified atom stereocenters. The molecule has 0 aliphatic carbocycles. The highest BCUT2D eigenvalue weighted by Gasteiger charge is 2.34. The molecule has 0 saturated carbocycles. The van der Waals surface area contributed by atoms with Crippen molar-refractivity contribution in [1.29, 1.82) is 0 Å². The van der Waals surface area contributed by atoms with E-state index in [1.165, 1.54) is 11.3 Å². The molecule has 2 atom stereocenters. The van der Waals surface area contributed by atoms with E-state index in [0.717, 1.165) is 6.42 Å². The van der Waals surface area contributed by atoms with Gasteiger partial charge in [-0.2, -0.15) is 4.31 Å². The summed E-state index contributed by atoms with van der Waals surface area (Å²) >= 11 is 1.27. The molecule has 1 aliphatic rings. The molecule has 1 saturated heterocycles. The molecule has 0 amide bonds. The predicted molar refractivity (Wildman–Crippen MR) is 64.8 cm³/mol. The maximum absolute atomic E-state index is 12.2. The van der Waals surface area contributed by atoms with Gasteiger partial charge in [0.1, 0.15) is 4.21 Å². The molecule has 1 aromatic heterocycles. The summed E-state index contributed by atoms with van der Waals surface area (Å²) in [4.78, 5) is 0. The Hall–Kier alpha value is -0.430. The maximum Gasteiger partial charge on any atom is 0.252 e. The average Bonchev–Trinajstić information content (AvgIpc) is 2.90. The van der Waals surface area contributed by atoms with E-state index in [1.807, 2.05) is 6.92 Å². The van der Waals surface area contributed by atoms with E-state index in [4.69, 9.17) is 5.73 Å². The number of nitrogens with zero attached hydrogens (tertiary/aromatic N) is 1. The van der Waals surface area contributed by atoms with E-state index < -0.39 is 10.0 Å². The van der Waals surface area contributed by atoms with Crippen molar-refractivity contribution < 1.29 is 8.42 Å². The normalized spacial score (nSPS) is 24.8. The van der Waals surface area contributed by atoms with E-state index in [-0.39, 0.29) is 12.0 Å². The molecule has 2 rings (SSSR count). The van der Waals surface area contributed by atoms with E-state index in [2.05, 4.69) is 0 Å². The number of thiophene rings is 1. The van der Waals surface area contributed by atoms with E-state index in [0.29, 0.717) is 17.3 Å². The standard InChI is InChI=1S/C10H16N2O2S2/c1-8(11)9-4-5-12(7-9)16(13,14)10-3-2-6-15-10/h2-3,6,8-9H,4-5,7,11H2,1H3. The van der Waals surface area contributed by atoms with Gasteiger partial charge in [-0.15, -0.1) is 11.3 Å². The van der Waals surface area contributed by atoms with Crippen LogP contribution in [0.3, 0.4) is 0 Å². The lowest BCUT2D eigenvalue weighted by Crippen LogP contribution is -2.32. The van der Waals surface area contributed by atoms with Gasteiger partial charge in [0.25, 0.3) is 10.0 Å². The molecule has 16 heavy (non-hydrogen) atoms. The third-order valence-corrected chi connectivity index (χ3v) is 6.26. The van der Waals surface area contributed by atoms with Crippen LogP contribution in [0.2, 0.25) is 0 Å². The monoisotopic (exact) mass is 260 g/mol. The van der Waals surface area contributed by atoms with Crippen LogP contribution in [0, 0.1) is 5.92 Å². The van der Waals surface area contributed by atoms with E-state index in [9.17, 15) is 8.42 Å². The van der Waals surface area contributed by atoms with Crippen LogP contribution in [0.15, 0.2) is 21.7 Å². The molecule has 0 radical (unpaired) electrons. The Morgan fingerprint density at radius 2 is 2.38 bits per heavy atom. The van der Waals surface area contributed by atoms with Gasteiger partial charge in [-0.1, -0.05) is 6.07 Å². The van der Waals surface area contributed by atoms with Crippen LogP contribution in [0.5, 0.6) is 0 Å².